The van der Waals surface area contributed by atoms with E-state index in [1.165, 1.54) is 0 Å². The normalized spacial score (nSPS) is 9.92. The smallest absolute Gasteiger partial charge is 0.252 e. The molecule has 0 radical (unpaired) electrons. The molecule has 0 atom stereocenters. The minimum Gasteiger partial charge on any atom is -0.491 e. The summed E-state index contributed by atoms with van der Waals surface area (Å²) in [5, 5.41) is 2.76. The van der Waals surface area contributed by atoms with Gasteiger partial charge in [-0.05, 0) is 56.7 Å². The van der Waals surface area contributed by atoms with Crippen LogP contribution in [0.4, 0.5) is 0 Å². The zero-order chi connectivity index (χ0) is 18.1. The van der Waals surface area contributed by atoms with Gasteiger partial charge in [0.1, 0.15) is 18.1 Å². The predicted molar refractivity (Wildman–Crippen MR) is 99.0 cm³/mol. The molecule has 2 aromatic carbocycles. The zero-order valence-electron chi connectivity index (χ0n) is 14.8. The van der Waals surface area contributed by atoms with Gasteiger partial charge in [-0.3, -0.25) is 4.79 Å². The van der Waals surface area contributed by atoms with Crippen LogP contribution >= 0.6 is 0 Å². The van der Waals surface area contributed by atoms with Gasteiger partial charge in [0, 0.05) is 5.56 Å². The van der Waals surface area contributed by atoms with Crippen molar-refractivity contribution >= 4 is 5.91 Å². The summed E-state index contributed by atoms with van der Waals surface area (Å²) in [6, 6.07) is 14.8. The van der Waals surface area contributed by atoms with Gasteiger partial charge < -0.3 is 14.8 Å². The van der Waals surface area contributed by atoms with Crippen LogP contribution in [-0.2, 0) is 0 Å². The van der Waals surface area contributed by atoms with Gasteiger partial charge in [0.05, 0.1) is 12.6 Å². The first kappa shape index (κ1) is 18.4. The molecule has 0 spiro atoms. The summed E-state index contributed by atoms with van der Waals surface area (Å²) in [6.07, 6.45) is 0.108. The highest BCUT2D eigenvalue weighted by Crippen LogP contribution is 2.15. The molecule has 0 heterocycles. The Morgan fingerprint density at radius 1 is 1.08 bits per heavy atom. The van der Waals surface area contributed by atoms with Crippen LogP contribution < -0.4 is 14.8 Å². The van der Waals surface area contributed by atoms with E-state index in [1.54, 1.807) is 24.3 Å². The number of carbonyl (C=O) groups is 1. The lowest BCUT2D eigenvalue weighted by Gasteiger charge is -2.09. The molecule has 1 N–H and O–H groups in total. The highest BCUT2D eigenvalue weighted by Gasteiger charge is 2.04. The van der Waals surface area contributed by atoms with Crippen LogP contribution in [-0.4, -0.2) is 25.2 Å². The maximum absolute atomic E-state index is 12.0. The van der Waals surface area contributed by atoms with Crippen molar-refractivity contribution in [2.24, 2.45) is 0 Å². The van der Waals surface area contributed by atoms with E-state index in [1.807, 2.05) is 45.0 Å². The maximum atomic E-state index is 12.0. The van der Waals surface area contributed by atoms with E-state index in [2.05, 4.69) is 17.2 Å². The van der Waals surface area contributed by atoms with Crippen molar-refractivity contribution in [3.8, 4) is 23.3 Å². The first-order valence-corrected chi connectivity index (χ1v) is 8.25. The molecule has 130 valence electrons. The third-order valence-corrected chi connectivity index (χ3v) is 3.34. The highest BCUT2D eigenvalue weighted by molar-refractivity contribution is 5.94. The minimum atomic E-state index is -0.162. The average molecular weight is 337 g/mol. The van der Waals surface area contributed by atoms with Gasteiger partial charge in [-0.25, -0.2) is 0 Å². The van der Waals surface area contributed by atoms with Gasteiger partial charge in [-0.1, -0.05) is 30.0 Å². The molecule has 4 nitrogen and oxygen atoms in total. The van der Waals surface area contributed by atoms with Crippen LogP contribution in [0.5, 0.6) is 11.5 Å². The summed E-state index contributed by atoms with van der Waals surface area (Å²) in [5.74, 6) is 7.18. The second kappa shape index (κ2) is 9.39. The quantitative estimate of drug-likeness (QED) is 0.820. The molecular formula is C21H23NO3. The maximum Gasteiger partial charge on any atom is 0.252 e. The van der Waals surface area contributed by atoms with Crippen LogP contribution in [0.25, 0.3) is 0 Å². The Morgan fingerprint density at radius 2 is 1.80 bits per heavy atom. The number of hydrogen-bond acceptors (Lipinski definition) is 3. The van der Waals surface area contributed by atoms with Gasteiger partial charge in [-0.2, -0.15) is 0 Å². The summed E-state index contributed by atoms with van der Waals surface area (Å²) in [5.41, 5.74) is 1.65. The number of ether oxygens (including phenoxy) is 2. The third kappa shape index (κ3) is 6.23. The Hall–Kier alpha value is -2.93. The van der Waals surface area contributed by atoms with E-state index < -0.39 is 0 Å². The number of rotatable bonds is 6. The van der Waals surface area contributed by atoms with E-state index in [0.717, 1.165) is 17.1 Å². The molecule has 0 unspecified atom stereocenters. The molecule has 25 heavy (non-hydrogen) atoms. The summed E-state index contributed by atoms with van der Waals surface area (Å²) < 4.78 is 11.1. The summed E-state index contributed by atoms with van der Waals surface area (Å²) in [7, 11) is 0. The van der Waals surface area contributed by atoms with Gasteiger partial charge in [-0.15, -0.1) is 0 Å². The second-order valence-electron chi connectivity index (χ2n) is 5.78. The van der Waals surface area contributed by atoms with E-state index in [9.17, 15) is 4.79 Å². The predicted octanol–water partition coefficient (Wildman–Crippen LogP) is 3.59. The molecular weight excluding hydrogens is 314 g/mol. The Labute approximate surface area is 149 Å². The fourth-order valence-electron chi connectivity index (χ4n) is 2.13. The second-order valence-corrected chi connectivity index (χ2v) is 5.78. The molecule has 0 aromatic heterocycles. The van der Waals surface area contributed by atoms with Crippen molar-refractivity contribution in [1.82, 2.24) is 5.32 Å². The monoisotopic (exact) mass is 337 g/mol. The van der Waals surface area contributed by atoms with E-state index in [0.29, 0.717) is 12.2 Å². The molecule has 0 bridgehead atoms. The number of benzene rings is 2. The van der Waals surface area contributed by atoms with Gasteiger partial charge in [0.25, 0.3) is 5.91 Å². The van der Waals surface area contributed by atoms with E-state index >= 15 is 0 Å². The third-order valence-electron chi connectivity index (χ3n) is 3.34. The summed E-state index contributed by atoms with van der Waals surface area (Å²) >= 11 is 0. The Morgan fingerprint density at radius 3 is 2.48 bits per heavy atom. The number of amides is 1. The SMILES string of the molecule is Cc1ccccc1OCC#CCNC(=O)c1ccc(OC(C)C)cc1. The van der Waals surface area contributed by atoms with Crippen molar-refractivity contribution in [2.45, 2.75) is 26.9 Å². The molecule has 0 aliphatic heterocycles. The molecule has 1 amide bonds. The van der Waals surface area contributed by atoms with Crippen LogP contribution in [0.2, 0.25) is 0 Å². The number of hydrogen-bond donors (Lipinski definition) is 1. The molecule has 0 fully saturated rings. The largest absolute Gasteiger partial charge is 0.491 e. The summed E-state index contributed by atoms with van der Waals surface area (Å²) in [4.78, 5) is 12.0. The van der Waals surface area contributed by atoms with Crippen LogP contribution in [0.1, 0.15) is 29.8 Å². The lowest BCUT2D eigenvalue weighted by atomic mass is 10.2. The first-order valence-electron chi connectivity index (χ1n) is 8.25. The standard InChI is InChI=1S/C21H23NO3/c1-16(2)25-19-12-10-18(11-13-19)21(23)22-14-6-7-15-24-20-9-5-4-8-17(20)3/h4-5,8-13,16H,14-15H2,1-3H3,(H,22,23). The average Bonchev–Trinajstić information content (AvgIpc) is 2.59. The molecule has 0 saturated heterocycles. The number of nitrogens with one attached hydrogen (secondary N) is 1. The zero-order valence-corrected chi connectivity index (χ0v) is 14.8. The molecule has 2 rings (SSSR count). The van der Waals surface area contributed by atoms with Gasteiger partial charge >= 0.3 is 0 Å². The Kier molecular flexibility index (Phi) is 6.91. The van der Waals surface area contributed by atoms with Gasteiger partial charge in [0.15, 0.2) is 0 Å². The van der Waals surface area contributed by atoms with Crippen molar-refractivity contribution in [2.75, 3.05) is 13.2 Å². The molecule has 2 aromatic rings. The van der Waals surface area contributed by atoms with E-state index in [4.69, 9.17) is 9.47 Å². The lowest BCUT2D eigenvalue weighted by molar-refractivity contribution is 0.0958. The van der Waals surface area contributed by atoms with Crippen LogP contribution in [0.15, 0.2) is 48.5 Å². The molecule has 0 aliphatic carbocycles. The molecule has 0 aliphatic rings. The Bertz CT molecular complexity index is 755. The molecule has 0 saturated carbocycles. The fraction of sp³-hybridized carbons (Fsp3) is 0.286. The minimum absolute atomic E-state index is 0.108. The van der Waals surface area contributed by atoms with Crippen molar-refractivity contribution in [3.05, 3.63) is 59.7 Å². The fourth-order valence-corrected chi connectivity index (χ4v) is 2.13. The Balaban J connectivity index is 1.74. The van der Waals surface area contributed by atoms with E-state index in [-0.39, 0.29) is 18.6 Å². The van der Waals surface area contributed by atoms with Gasteiger partial charge in [0.2, 0.25) is 0 Å². The number of aryl methyl sites for hydroxylation is 1. The van der Waals surface area contributed by atoms with Crippen LogP contribution in [0, 0.1) is 18.8 Å². The highest BCUT2D eigenvalue weighted by atomic mass is 16.5. The topological polar surface area (TPSA) is 47.6 Å². The van der Waals surface area contributed by atoms with Crippen molar-refractivity contribution < 1.29 is 14.3 Å². The number of carbonyl (C=O) groups excluding carboxylic acids is 1. The molecule has 4 heteroatoms. The lowest BCUT2D eigenvalue weighted by Crippen LogP contribution is -2.23. The number of para-hydroxylation sites is 1. The van der Waals surface area contributed by atoms with Crippen molar-refractivity contribution in [3.63, 3.8) is 0 Å². The van der Waals surface area contributed by atoms with Crippen LogP contribution in [0.3, 0.4) is 0 Å². The summed E-state index contributed by atoms with van der Waals surface area (Å²) in [6.45, 7) is 6.48. The first-order chi connectivity index (χ1) is 12.1. The van der Waals surface area contributed by atoms with Crippen molar-refractivity contribution in [1.29, 1.82) is 0 Å².